The Labute approximate surface area is 356 Å². The average Bonchev–Trinajstić information content (AvgIpc) is 4.14. The number of hydrogen-bond acceptors (Lipinski definition) is 6. The molecule has 0 unspecified atom stereocenters. The number of ketones is 2. The number of rotatable bonds is 12. The molecule has 0 aliphatic rings. The van der Waals surface area contributed by atoms with Crippen molar-refractivity contribution < 1.29 is 9.59 Å². The number of aromatic nitrogens is 8. The standard InChI is InChI=1S/C31H24N4O.C19H15ClN4O/c36-29(20-23-21-32-33-22-23)30-27-18-10-11-19-28(27)35(34-30)31(24-12-4-1-5-13-24,25-14-6-2-7-15-25)26-16-8-3-9-17-26;20-15-5-3-4-13(8-15)11-24-12-14(10-21-24)9-18(25)19-16-6-1-2-7-17(16)22-23-19/h1-19,21-22H,20H2,(H,32,33);1-8,10,12H,9,11H2,(H,22,23). The van der Waals surface area contributed by atoms with Crippen LogP contribution in [0.25, 0.3) is 21.8 Å². The van der Waals surface area contributed by atoms with Crippen LogP contribution < -0.4 is 0 Å². The van der Waals surface area contributed by atoms with Crippen molar-refractivity contribution >= 4 is 45.0 Å². The molecule has 298 valence electrons. The predicted molar refractivity (Wildman–Crippen MR) is 238 cm³/mol. The van der Waals surface area contributed by atoms with Crippen LogP contribution in [0.15, 0.2) is 189 Å². The third kappa shape index (κ3) is 7.92. The number of halogens is 1. The first-order valence-corrected chi connectivity index (χ1v) is 20.2. The van der Waals surface area contributed by atoms with Gasteiger partial charge in [0.05, 0.1) is 30.0 Å². The largest absolute Gasteiger partial charge is 0.292 e. The molecule has 61 heavy (non-hydrogen) atoms. The number of Topliss-reactive ketones (excluding diaryl/α,β-unsaturated/α-hetero) is 2. The van der Waals surface area contributed by atoms with Gasteiger partial charge in [-0.25, -0.2) is 4.68 Å². The van der Waals surface area contributed by atoms with Crippen LogP contribution in [0.5, 0.6) is 0 Å². The topological polar surface area (TPSA) is 127 Å². The van der Waals surface area contributed by atoms with Gasteiger partial charge in [-0.05, 0) is 57.6 Å². The van der Waals surface area contributed by atoms with Crippen molar-refractivity contribution in [2.75, 3.05) is 0 Å². The molecule has 0 amide bonds. The minimum Gasteiger partial charge on any atom is -0.292 e. The minimum atomic E-state index is -0.794. The van der Waals surface area contributed by atoms with Crippen molar-refractivity contribution in [1.29, 1.82) is 0 Å². The fraction of sp³-hybridized carbons (Fsp3) is 0.0800. The lowest BCUT2D eigenvalue weighted by molar-refractivity contribution is 0.0981. The van der Waals surface area contributed by atoms with Gasteiger partial charge < -0.3 is 0 Å². The SMILES string of the molecule is O=C(Cc1cn[nH]c1)c1nn(C(c2ccccc2)(c2ccccc2)c2ccccc2)c2ccccc12.O=C(Cc1cnn(Cc2cccc(Cl)c2)c1)c1n[nH]c2ccccc12. The zero-order valence-electron chi connectivity index (χ0n) is 32.9. The number of carbonyl (C=O) groups excluding carboxylic acids is 2. The molecule has 6 aromatic carbocycles. The molecule has 2 N–H and O–H groups in total. The molecular weight excluding hydrogens is 780 g/mol. The monoisotopic (exact) mass is 818 g/mol. The molecule has 0 fully saturated rings. The zero-order chi connectivity index (χ0) is 41.6. The van der Waals surface area contributed by atoms with Gasteiger partial charge in [-0.15, -0.1) is 0 Å². The molecule has 0 bridgehead atoms. The van der Waals surface area contributed by atoms with Crippen molar-refractivity contribution in [3.8, 4) is 0 Å². The zero-order valence-corrected chi connectivity index (χ0v) is 33.7. The highest BCUT2D eigenvalue weighted by atomic mass is 35.5. The molecule has 0 spiro atoms. The molecule has 10 rings (SSSR count). The second-order valence-electron chi connectivity index (χ2n) is 14.7. The molecule has 4 heterocycles. The van der Waals surface area contributed by atoms with Crippen molar-refractivity contribution in [2.24, 2.45) is 0 Å². The number of hydrogen-bond donors (Lipinski definition) is 2. The van der Waals surface area contributed by atoms with Crippen LogP contribution in [0.4, 0.5) is 0 Å². The lowest BCUT2D eigenvalue weighted by Crippen LogP contribution is -2.38. The van der Waals surface area contributed by atoms with Gasteiger partial charge in [-0.3, -0.25) is 24.5 Å². The Balaban J connectivity index is 0.000000167. The van der Waals surface area contributed by atoms with Gasteiger partial charge in [0.1, 0.15) is 16.9 Å². The van der Waals surface area contributed by atoms with E-state index in [2.05, 4.69) is 61.9 Å². The summed E-state index contributed by atoms with van der Waals surface area (Å²) in [5.41, 5.74) is 7.82. The molecule has 0 saturated carbocycles. The molecule has 4 aromatic heterocycles. The van der Waals surface area contributed by atoms with E-state index in [0.29, 0.717) is 23.0 Å². The van der Waals surface area contributed by atoms with Crippen molar-refractivity contribution in [3.05, 3.63) is 238 Å². The van der Waals surface area contributed by atoms with Crippen LogP contribution in [0.3, 0.4) is 0 Å². The first-order chi connectivity index (χ1) is 30.0. The Bertz CT molecular complexity index is 2970. The number of para-hydroxylation sites is 2. The lowest BCUT2D eigenvalue weighted by atomic mass is 9.77. The molecule has 11 heteroatoms. The van der Waals surface area contributed by atoms with Gasteiger partial charge in [0, 0.05) is 41.0 Å². The lowest BCUT2D eigenvalue weighted by Gasteiger charge is -2.37. The van der Waals surface area contributed by atoms with Gasteiger partial charge in [0.2, 0.25) is 0 Å². The molecule has 0 saturated heterocycles. The van der Waals surface area contributed by atoms with Gasteiger partial charge >= 0.3 is 0 Å². The Morgan fingerprint density at radius 3 is 1.87 bits per heavy atom. The third-order valence-electron chi connectivity index (χ3n) is 10.7. The van der Waals surface area contributed by atoms with E-state index in [4.69, 9.17) is 16.7 Å². The van der Waals surface area contributed by atoms with Crippen molar-refractivity contribution in [1.82, 2.24) is 40.0 Å². The third-order valence-corrected chi connectivity index (χ3v) is 10.9. The summed E-state index contributed by atoms with van der Waals surface area (Å²) < 4.78 is 3.84. The van der Waals surface area contributed by atoms with E-state index in [0.717, 1.165) is 55.2 Å². The Morgan fingerprint density at radius 2 is 1.21 bits per heavy atom. The number of nitrogens with zero attached hydrogens (tertiary/aromatic N) is 6. The molecule has 10 nitrogen and oxygen atoms in total. The van der Waals surface area contributed by atoms with Gasteiger partial charge in [0.25, 0.3) is 0 Å². The van der Waals surface area contributed by atoms with Crippen LogP contribution >= 0.6 is 11.6 Å². The predicted octanol–water partition coefficient (Wildman–Crippen LogP) is 9.91. The number of nitrogens with one attached hydrogen (secondary N) is 2. The maximum atomic E-state index is 13.6. The Kier molecular flexibility index (Phi) is 11.0. The fourth-order valence-electron chi connectivity index (χ4n) is 7.93. The highest BCUT2D eigenvalue weighted by Gasteiger charge is 2.41. The average molecular weight is 819 g/mol. The van der Waals surface area contributed by atoms with Crippen LogP contribution in [0, 0.1) is 0 Å². The highest BCUT2D eigenvalue weighted by molar-refractivity contribution is 6.30. The number of fused-ring (bicyclic) bond motifs is 2. The second-order valence-corrected chi connectivity index (χ2v) is 15.1. The van der Waals surface area contributed by atoms with E-state index >= 15 is 0 Å². The van der Waals surface area contributed by atoms with E-state index in [-0.39, 0.29) is 24.4 Å². The summed E-state index contributed by atoms with van der Waals surface area (Å²) in [6, 6.07) is 54.4. The fourth-order valence-corrected chi connectivity index (χ4v) is 8.14. The molecule has 0 atom stereocenters. The van der Waals surface area contributed by atoms with E-state index in [1.54, 1.807) is 23.3 Å². The summed E-state index contributed by atoms with van der Waals surface area (Å²) in [7, 11) is 0. The van der Waals surface area contributed by atoms with Gasteiger partial charge in [0.15, 0.2) is 11.6 Å². The van der Waals surface area contributed by atoms with Crippen LogP contribution in [-0.2, 0) is 24.9 Å². The summed E-state index contributed by atoms with van der Waals surface area (Å²) in [6.07, 6.45) is 7.53. The Morgan fingerprint density at radius 1 is 0.607 bits per heavy atom. The minimum absolute atomic E-state index is 0.0280. The first-order valence-electron chi connectivity index (χ1n) is 19.8. The normalized spacial score (nSPS) is 11.4. The number of H-pyrrole nitrogens is 2. The van der Waals surface area contributed by atoms with Crippen LogP contribution in [0.1, 0.15) is 54.4 Å². The number of aromatic amines is 2. The molecule has 0 aliphatic carbocycles. The summed E-state index contributed by atoms with van der Waals surface area (Å²) in [5.74, 6) is -0.0748. The molecular formula is C50H39ClN8O2. The van der Waals surface area contributed by atoms with Crippen LogP contribution in [0.2, 0.25) is 5.02 Å². The highest BCUT2D eigenvalue weighted by Crippen LogP contribution is 2.42. The van der Waals surface area contributed by atoms with E-state index in [9.17, 15) is 9.59 Å². The van der Waals surface area contributed by atoms with Crippen molar-refractivity contribution in [3.63, 3.8) is 0 Å². The van der Waals surface area contributed by atoms with Gasteiger partial charge in [-0.1, -0.05) is 151 Å². The summed E-state index contributed by atoms with van der Waals surface area (Å²) in [5, 5.41) is 25.7. The summed E-state index contributed by atoms with van der Waals surface area (Å²) in [4.78, 5) is 26.1. The van der Waals surface area contributed by atoms with E-state index < -0.39 is 5.54 Å². The van der Waals surface area contributed by atoms with Crippen molar-refractivity contribution in [2.45, 2.75) is 24.9 Å². The Hall–Kier alpha value is -7.69. The van der Waals surface area contributed by atoms with E-state index in [1.165, 1.54) is 0 Å². The molecule has 0 radical (unpaired) electrons. The number of benzene rings is 6. The smallest absolute Gasteiger partial charge is 0.188 e. The maximum Gasteiger partial charge on any atom is 0.188 e. The maximum absolute atomic E-state index is 13.6. The molecule has 10 aromatic rings. The second kappa shape index (κ2) is 17.3. The number of carbonyl (C=O) groups is 2. The quantitative estimate of drug-likeness (QED) is 0.0934. The van der Waals surface area contributed by atoms with Gasteiger partial charge in [-0.2, -0.15) is 20.4 Å². The molecule has 0 aliphatic heterocycles. The van der Waals surface area contributed by atoms with Crippen LogP contribution in [-0.4, -0.2) is 51.5 Å². The summed E-state index contributed by atoms with van der Waals surface area (Å²) in [6.45, 7) is 0.611. The van der Waals surface area contributed by atoms with E-state index in [1.807, 2.05) is 138 Å². The first kappa shape index (κ1) is 38.8. The summed E-state index contributed by atoms with van der Waals surface area (Å²) >= 11 is 6.01.